The molecule has 0 fully saturated rings. The Kier molecular flexibility index (Phi) is 4.95. The van der Waals surface area contributed by atoms with Gasteiger partial charge in [-0.3, -0.25) is 0 Å². The summed E-state index contributed by atoms with van der Waals surface area (Å²) in [6.45, 7) is 9.80. The number of hydrogen-bond acceptors (Lipinski definition) is 3. The van der Waals surface area contributed by atoms with Gasteiger partial charge in [-0.1, -0.05) is 58.0 Å². The number of benzene rings is 1. The lowest BCUT2D eigenvalue weighted by molar-refractivity contribution is 0.270. The third kappa shape index (κ3) is 3.90. The average molecular weight is 288 g/mol. The summed E-state index contributed by atoms with van der Waals surface area (Å²) in [5.74, 6) is 0. The molecule has 2 rings (SSSR count). The minimum Gasteiger partial charge on any atom is -0.304 e. The molecule has 20 heavy (non-hydrogen) atoms. The van der Waals surface area contributed by atoms with Gasteiger partial charge in [-0.05, 0) is 17.4 Å². The van der Waals surface area contributed by atoms with E-state index in [1.54, 1.807) is 11.3 Å². The molecule has 0 aliphatic rings. The first-order valence-electron chi connectivity index (χ1n) is 7.22. The zero-order valence-corrected chi connectivity index (χ0v) is 13.6. The molecule has 3 heteroatoms. The van der Waals surface area contributed by atoms with Gasteiger partial charge >= 0.3 is 0 Å². The van der Waals surface area contributed by atoms with Gasteiger partial charge in [0.25, 0.3) is 0 Å². The zero-order chi connectivity index (χ0) is 14.6. The Labute approximate surface area is 126 Å². The summed E-state index contributed by atoms with van der Waals surface area (Å²) >= 11 is 1.75. The van der Waals surface area contributed by atoms with E-state index in [4.69, 9.17) is 0 Å². The van der Waals surface area contributed by atoms with Gasteiger partial charge in [0.05, 0.1) is 10.7 Å². The van der Waals surface area contributed by atoms with Crippen LogP contribution in [-0.4, -0.2) is 4.98 Å². The van der Waals surface area contributed by atoms with Crippen molar-refractivity contribution in [2.24, 2.45) is 5.41 Å². The smallest absolute Gasteiger partial charge is 0.0926 e. The molecule has 0 aliphatic carbocycles. The predicted molar refractivity (Wildman–Crippen MR) is 87.0 cm³/mol. The first-order chi connectivity index (χ1) is 9.50. The van der Waals surface area contributed by atoms with E-state index in [2.05, 4.69) is 73.7 Å². The van der Waals surface area contributed by atoms with Crippen LogP contribution in [0.15, 0.2) is 35.7 Å². The van der Waals surface area contributed by atoms with E-state index in [0.29, 0.717) is 6.04 Å². The van der Waals surface area contributed by atoms with Crippen LogP contribution in [0, 0.1) is 5.41 Å². The molecule has 1 unspecified atom stereocenters. The molecule has 1 aromatic heterocycles. The lowest BCUT2D eigenvalue weighted by atomic mass is 9.82. The lowest BCUT2D eigenvalue weighted by Crippen LogP contribution is -2.32. The lowest BCUT2D eigenvalue weighted by Gasteiger charge is -2.32. The molecule has 1 atom stereocenters. The van der Waals surface area contributed by atoms with Gasteiger partial charge in [-0.25, -0.2) is 4.98 Å². The van der Waals surface area contributed by atoms with Crippen LogP contribution in [0.3, 0.4) is 0 Å². The number of aromatic nitrogens is 1. The van der Waals surface area contributed by atoms with Gasteiger partial charge < -0.3 is 5.32 Å². The van der Waals surface area contributed by atoms with Crippen molar-refractivity contribution in [3.8, 4) is 0 Å². The zero-order valence-electron chi connectivity index (χ0n) is 12.8. The SMILES string of the molecule is CCc1nc(CNC(c2ccccc2)C(C)(C)C)cs1. The second-order valence-corrected chi connectivity index (χ2v) is 7.12. The van der Waals surface area contributed by atoms with E-state index in [-0.39, 0.29) is 5.41 Å². The second kappa shape index (κ2) is 6.51. The minimum absolute atomic E-state index is 0.172. The van der Waals surface area contributed by atoms with E-state index in [1.807, 2.05) is 0 Å². The van der Waals surface area contributed by atoms with Gasteiger partial charge in [0.1, 0.15) is 0 Å². The maximum atomic E-state index is 4.63. The second-order valence-electron chi connectivity index (χ2n) is 6.18. The number of nitrogens with one attached hydrogen (secondary N) is 1. The van der Waals surface area contributed by atoms with Crippen molar-refractivity contribution >= 4 is 11.3 Å². The van der Waals surface area contributed by atoms with Gasteiger partial charge in [0.15, 0.2) is 0 Å². The van der Waals surface area contributed by atoms with Crippen LogP contribution in [0.5, 0.6) is 0 Å². The summed E-state index contributed by atoms with van der Waals surface area (Å²) in [6.07, 6.45) is 1.02. The Balaban J connectivity index is 2.09. The molecule has 0 spiro atoms. The maximum Gasteiger partial charge on any atom is 0.0926 e. The fourth-order valence-electron chi connectivity index (χ4n) is 2.37. The van der Waals surface area contributed by atoms with Gasteiger partial charge in [0.2, 0.25) is 0 Å². The van der Waals surface area contributed by atoms with Crippen molar-refractivity contribution in [3.05, 3.63) is 52.0 Å². The Bertz CT molecular complexity index is 525. The van der Waals surface area contributed by atoms with Crippen LogP contribution in [0.1, 0.15) is 50.0 Å². The molecule has 108 valence electrons. The first-order valence-corrected chi connectivity index (χ1v) is 8.10. The molecule has 0 saturated heterocycles. The third-order valence-electron chi connectivity index (χ3n) is 3.39. The summed E-state index contributed by atoms with van der Waals surface area (Å²) in [4.78, 5) is 4.63. The summed E-state index contributed by atoms with van der Waals surface area (Å²) in [6, 6.07) is 11.0. The van der Waals surface area contributed by atoms with Gasteiger partial charge in [-0.2, -0.15) is 0 Å². The number of hydrogen-bond donors (Lipinski definition) is 1. The Hall–Kier alpha value is -1.19. The molecule has 1 N–H and O–H groups in total. The highest BCUT2D eigenvalue weighted by Gasteiger charge is 2.25. The van der Waals surface area contributed by atoms with E-state index in [0.717, 1.165) is 18.7 Å². The van der Waals surface area contributed by atoms with Crippen LogP contribution in [0.2, 0.25) is 0 Å². The van der Waals surface area contributed by atoms with Crippen molar-refractivity contribution in [1.82, 2.24) is 10.3 Å². The largest absolute Gasteiger partial charge is 0.304 e. The molecule has 2 nitrogen and oxygen atoms in total. The van der Waals surface area contributed by atoms with E-state index in [9.17, 15) is 0 Å². The molecular weight excluding hydrogens is 264 g/mol. The fourth-order valence-corrected chi connectivity index (χ4v) is 3.11. The van der Waals surface area contributed by atoms with Gasteiger partial charge in [0, 0.05) is 18.0 Å². The van der Waals surface area contributed by atoms with Crippen molar-refractivity contribution in [2.45, 2.75) is 46.7 Å². The predicted octanol–water partition coefficient (Wildman–Crippen LogP) is 4.58. The van der Waals surface area contributed by atoms with Crippen LogP contribution in [-0.2, 0) is 13.0 Å². The molecule has 0 amide bonds. The molecule has 0 bridgehead atoms. The maximum absolute atomic E-state index is 4.63. The highest BCUT2D eigenvalue weighted by molar-refractivity contribution is 7.09. The standard InChI is InChI=1S/C17H24N2S/c1-5-15-19-14(12-20-15)11-18-16(17(2,3)4)13-9-7-6-8-10-13/h6-10,12,16,18H,5,11H2,1-4H3. The number of aryl methyl sites for hydroxylation is 1. The molecule has 1 aromatic carbocycles. The van der Waals surface area contributed by atoms with Crippen molar-refractivity contribution in [2.75, 3.05) is 0 Å². The fraction of sp³-hybridized carbons (Fsp3) is 0.471. The number of nitrogens with zero attached hydrogens (tertiary/aromatic N) is 1. The highest BCUT2D eigenvalue weighted by Crippen LogP contribution is 2.32. The summed E-state index contributed by atoms with van der Waals surface area (Å²) in [7, 11) is 0. The Morgan fingerprint density at radius 3 is 2.45 bits per heavy atom. The monoisotopic (exact) mass is 288 g/mol. The Morgan fingerprint density at radius 2 is 1.90 bits per heavy atom. The third-order valence-corrected chi connectivity index (χ3v) is 4.43. The van der Waals surface area contributed by atoms with Crippen LogP contribution < -0.4 is 5.32 Å². The number of rotatable bonds is 5. The van der Waals surface area contributed by atoms with Crippen molar-refractivity contribution < 1.29 is 0 Å². The minimum atomic E-state index is 0.172. The van der Waals surface area contributed by atoms with Crippen molar-refractivity contribution in [3.63, 3.8) is 0 Å². The summed E-state index contributed by atoms with van der Waals surface area (Å²) in [5, 5.41) is 7.05. The van der Waals surface area contributed by atoms with Crippen LogP contribution in [0.4, 0.5) is 0 Å². The van der Waals surface area contributed by atoms with Crippen molar-refractivity contribution in [1.29, 1.82) is 0 Å². The average Bonchev–Trinajstić information content (AvgIpc) is 2.87. The van der Waals surface area contributed by atoms with Crippen LogP contribution in [0.25, 0.3) is 0 Å². The highest BCUT2D eigenvalue weighted by atomic mass is 32.1. The molecule has 0 radical (unpaired) electrons. The summed E-state index contributed by atoms with van der Waals surface area (Å²) < 4.78 is 0. The molecular formula is C17H24N2S. The quantitative estimate of drug-likeness (QED) is 0.871. The molecule has 1 heterocycles. The summed E-state index contributed by atoms with van der Waals surface area (Å²) in [5.41, 5.74) is 2.66. The van der Waals surface area contributed by atoms with E-state index in [1.165, 1.54) is 10.6 Å². The molecule has 2 aromatic rings. The van der Waals surface area contributed by atoms with Gasteiger partial charge in [-0.15, -0.1) is 11.3 Å². The molecule has 0 aliphatic heterocycles. The first kappa shape index (κ1) is 15.2. The van der Waals surface area contributed by atoms with E-state index >= 15 is 0 Å². The topological polar surface area (TPSA) is 24.9 Å². The molecule has 0 saturated carbocycles. The normalized spacial score (nSPS) is 13.4. The van der Waals surface area contributed by atoms with Crippen LogP contribution >= 0.6 is 11.3 Å². The van der Waals surface area contributed by atoms with E-state index < -0.39 is 0 Å². The Morgan fingerprint density at radius 1 is 1.20 bits per heavy atom. The number of thiazole rings is 1.